The van der Waals surface area contributed by atoms with E-state index in [2.05, 4.69) is 12.2 Å². The summed E-state index contributed by atoms with van der Waals surface area (Å²) < 4.78 is 13.7. The van der Waals surface area contributed by atoms with Crippen LogP contribution in [0.15, 0.2) is 24.3 Å². The summed E-state index contributed by atoms with van der Waals surface area (Å²) in [6.45, 7) is 3.49. The van der Waals surface area contributed by atoms with Crippen molar-refractivity contribution in [3.63, 3.8) is 0 Å². The highest BCUT2D eigenvalue weighted by atomic mass is 19.1. The lowest BCUT2D eigenvalue weighted by molar-refractivity contribution is 0.211. The van der Waals surface area contributed by atoms with Crippen molar-refractivity contribution in [1.29, 1.82) is 0 Å². The molecule has 0 amide bonds. The van der Waals surface area contributed by atoms with Crippen LogP contribution in [-0.2, 0) is 0 Å². The molecule has 110 valence electrons. The molecule has 0 unspecified atom stereocenters. The Balaban J connectivity index is 1.48. The molecule has 2 aliphatic carbocycles. The van der Waals surface area contributed by atoms with Gasteiger partial charge in [-0.1, -0.05) is 38.0 Å². The van der Waals surface area contributed by atoms with E-state index in [1.165, 1.54) is 32.1 Å². The first-order valence-electron chi connectivity index (χ1n) is 8.20. The summed E-state index contributed by atoms with van der Waals surface area (Å²) in [7, 11) is 0. The summed E-state index contributed by atoms with van der Waals surface area (Å²) in [5.41, 5.74) is 1.47. The first-order valence-corrected chi connectivity index (χ1v) is 8.20. The molecule has 20 heavy (non-hydrogen) atoms. The van der Waals surface area contributed by atoms with E-state index >= 15 is 0 Å². The molecule has 1 nitrogen and oxygen atoms in total. The molecule has 0 spiro atoms. The third-order valence-electron chi connectivity index (χ3n) is 5.66. The van der Waals surface area contributed by atoms with Gasteiger partial charge in [-0.3, -0.25) is 0 Å². The van der Waals surface area contributed by atoms with Crippen molar-refractivity contribution in [3.8, 4) is 0 Å². The summed E-state index contributed by atoms with van der Waals surface area (Å²) in [6, 6.07) is 7.85. The average molecular weight is 275 g/mol. The van der Waals surface area contributed by atoms with Gasteiger partial charge in [-0.05, 0) is 55.1 Å². The Labute approximate surface area is 122 Å². The maximum absolute atomic E-state index is 13.7. The van der Waals surface area contributed by atoms with Crippen molar-refractivity contribution in [2.45, 2.75) is 63.8 Å². The highest BCUT2D eigenvalue weighted by Gasteiger charge is 2.36. The molecule has 1 N–H and O–H groups in total. The van der Waals surface area contributed by atoms with Gasteiger partial charge in [-0.15, -0.1) is 0 Å². The molecule has 0 aromatic heterocycles. The highest BCUT2D eigenvalue weighted by Crippen LogP contribution is 2.42. The number of halogens is 1. The quantitative estimate of drug-likeness (QED) is 0.826. The minimum absolute atomic E-state index is 0.0308. The summed E-state index contributed by atoms with van der Waals surface area (Å²) in [5.74, 6) is 0.395. The van der Waals surface area contributed by atoms with Crippen molar-refractivity contribution < 1.29 is 4.39 Å². The van der Waals surface area contributed by atoms with Crippen LogP contribution in [0.4, 0.5) is 4.39 Å². The molecule has 0 radical (unpaired) electrons. The molecule has 0 heterocycles. The number of hydrogen-bond donors (Lipinski definition) is 1. The van der Waals surface area contributed by atoms with Crippen LogP contribution >= 0.6 is 0 Å². The smallest absolute Gasteiger partial charge is 0.126 e. The summed E-state index contributed by atoms with van der Waals surface area (Å²) in [6.07, 6.45) is 9.07. The second-order valence-electron chi connectivity index (χ2n) is 6.83. The van der Waals surface area contributed by atoms with Gasteiger partial charge in [0.2, 0.25) is 0 Å². The van der Waals surface area contributed by atoms with Gasteiger partial charge in [0.1, 0.15) is 5.82 Å². The van der Waals surface area contributed by atoms with Crippen LogP contribution in [0.2, 0.25) is 0 Å². The van der Waals surface area contributed by atoms with Crippen molar-refractivity contribution in [2.24, 2.45) is 5.41 Å². The second kappa shape index (κ2) is 5.85. The largest absolute Gasteiger partial charge is 0.313 e. The van der Waals surface area contributed by atoms with Gasteiger partial charge in [0.05, 0.1) is 0 Å². The molecular weight excluding hydrogens is 249 g/mol. The molecule has 2 fully saturated rings. The van der Waals surface area contributed by atoms with Crippen LogP contribution in [-0.4, -0.2) is 12.6 Å². The fraction of sp³-hybridized carbons (Fsp3) is 0.667. The van der Waals surface area contributed by atoms with Gasteiger partial charge in [-0.25, -0.2) is 4.39 Å². The van der Waals surface area contributed by atoms with Crippen LogP contribution in [0.5, 0.6) is 0 Å². The fourth-order valence-electron chi connectivity index (χ4n) is 3.99. The fourth-order valence-corrected chi connectivity index (χ4v) is 3.99. The SMILES string of the molecule is CCC1(CNC2CC(c3ccccc3F)C2)CCCC1. The monoisotopic (exact) mass is 275 g/mol. The minimum Gasteiger partial charge on any atom is -0.313 e. The maximum atomic E-state index is 13.7. The van der Waals surface area contributed by atoms with Crippen molar-refractivity contribution in [1.82, 2.24) is 5.32 Å². The van der Waals surface area contributed by atoms with E-state index in [0.717, 1.165) is 24.9 Å². The molecule has 1 aromatic rings. The Hall–Kier alpha value is -0.890. The van der Waals surface area contributed by atoms with Crippen molar-refractivity contribution in [3.05, 3.63) is 35.6 Å². The lowest BCUT2D eigenvalue weighted by atomic mass is 9.74. The number of rotatable bonds is 5. The van der Waals surface area contributed by atoms with Gasteiger partial charge in [0.25, 0.3) is 0 Å². The van der Waals surface area contributed by atoms with Gasteiger partial charge in [0, 0.05) is 12.6 Å². The van der Waals surface area contributed by atoms with E-state index in [1.54, 1.807) is 12.1 Å². The zero-order chi connectivity index (χ0) is 14.0. The van der Waals surface area contributed by atoms with Gasteiger partial charge in [-0.2, -0.15) is 0 Å². The third-order valence-corrected chi connectivity index (χ3v) is 5.66. The predicted molar refractivity (Wildman–Crippen MR) is 81.4 cm³/mol. The van der Waals surface area contributed by atoms with Crippen LogP contribution < -0.4 is 5.32 Å². The van der Waals surface area contributed by atoms with E-state index in [0.29, 0.717) is 17.4 Å². The minimum atomic E-state index is -0.0308. The second-order valence-corrected chi connectivity index (χ2v) is 6.83. The molecule has 2 saturated carbocycles. The zero-order valence-electron chi connectivity index (χ0n) is 12.5. The van der Waals surface area contributed by atoms with Crippen molar-refractivity contribution in [2.75, 3.05) is 6.54 Å². The Morgan fingerprint density at radius 2 is 1.90 bits per heavy atom. The molecule has 0 saturated heterocycles. The Kier molecular flexibility index (Phi) is 4.11. The predicted octanol–water partition coefficient (Wildman–Crippen LogP) is 4.63. The van der Waals surface area contributed by atoms with Gasteiger partial charge >= 0.3 is 0 Å². The summed E-state index contributed by atoms with van der Waals surface area (Å²) in [4.78, 5) is 0. The molecule has 0 aliphatic heterocycles. The number of hydrogen-bond acceptors (Lipinski definition) is 1. The molecule has 3 rings (SSSR count). The normalized spacial score (nSPS) is 28.3. The van der Waals surface area contributed by atoms with Crippen LogP contribution in [0.25, 0.3) is 0 Å². The van der Waals surface area contributed by atoms with Crippen LogP contribution in [0.3, 0.4) is 0 Å². The lowest BCUT2D eigenvalue weighted by Crippen LogP contribution is -2.45. The van der Waals surface area contributed by atoms with E-state index in [1.807, 2.05) is 12.1 Å². The van der Waals surface area contributed by atoms with Gasteiger partial charge in [0.15, 0.2) is 0 Å². The maximum Gasteiger partial charge on any atom is 0.126 e. The standard InChI is InChI=1S/C18H26FN/c1-2-18(9-5-6-10-18)13-20-15-11-14(12-15)16-7-3-4-8-17(16)19/h3-4,7-8,14-15,20H,2,5-6,9-13H2,1H3. The van der Waals surface area contributed by atoms with Crippen molar-refractivity contribution >= 4 is 0 Å². The van der Waals surface area contributed by atoms with E-state index < -0.39 is 0 Å². The molecular formula is C18H26FN. The number of benzene rings is 1. The first-order chi connectivity index (χ1) is 9.72. The lowest BCUT2D eigenvalue weighted by Gasteiger charge is -2.39. The van der Waals surface area contributed by atoms with E-state index in [-0.39, 0.29) is 5.82 Å². The summed E-state index contributed by atoms with van der Waals surface area (Å²) in [5, 5.41) is 3.75. The molecule has 2 heteroatoms. The summed E-state index contributed by atoms with van der Waals surface area (Å²) >= 11 is 0. The topological polar surface area (TPSA) is 12.0 Å². The Morgan fingerprint density at radius 1 is 1.20 bits per heavy atom. The molecule has 0 atom stereocenters. The highest BCUT2D eigenvalue weighted by molar-refractivity contribution is 5.24. The third kappa shape index (κ3) is 2.76. The molecule has 1 aromatic carbocycles. The van der Waals surface area contributed by atoms with Gasteiger partial charge < -0.3 is 5.32 Å². The molecule has 2 aliphatic rings. The number of nitrogens with one attached hydrogen (secondary N) is 1. The van der Waals surface area contributed by atoms with Crippen LogP contribution in [0.1, 0.15) is 63.4 Å². The molecule has 0 bridgehead atoms. The van der Waals surface area contributed by atoms with E-state index in [9.17, 15) is 4.39 Å². The van der Waals surface area contributed by atoms with E-state index in [4.69, 9.17) is 0 Å². The van der Waals surface area contributed by atoms with Crippen LogP contribution in [0, 0.1) is 11.2 Å². The Morgan fingerprint density at radius 3 is 2.55 bits per heavy atom. The Bertz CT molecular complexity index is 444. The average Bonchev–Trinajstić information content (AvgIpc) is 2.88. The first kappa shape index (κ1) is 14.1. The zero-order valence-corrected chi connectivity index (χ0v) is 12.5.